The minimum Gasteiger partial charge on any atom is -0.507 e. The Balaban J connectivity index is 0.000000180. The highest BCUT2D eigenvalue weighted by Crippen LogP contribution is 2.15. The lowest BCUT2D eigenvalue weighted by molar-refractivity contribution is 0.112. The molecule has 98 valence electrons. The summed E-state index contributed by atoms with van der Waals surface area (Å²) >= 11 is 1.68. The third-order valence-corrected chi connectivity index (χ3v) is 3.11. The zero-order valence-corrected chi connectivity index (χ0v) is 10.3. The number of phenols is 1. The second-order valence-corrected chi connectivity index (χ2v) is 4.38. The van der Waals surface area contributed by atoms with Gasteiger partial charge in [-0.15, -0.1) is 11.3 Å². The van der Waals surface area contributed by atoms with Gasteiger partial charge in [0.1, 0.15) is 5.75 Å². The number of carbonyl (C=O) groups is 1. The van der Waals surface area contributed by atoms with Gasteiger partial charge in [-0.25, -0.2) is 4.98 Å². The summed E-state index contributed by atoms with van der Waals surface area (Å²) < 4.78 is 1.26. The predicted molar refractivity (Wildman–Crippen MR) is 79.8 cm³/mol. The Bertz CT molecular complexity index is 619. The highest BCUT2D eigenvalue weighted by Gasteiger charge is 1.93. The number of thiazole rings is 1. The van der Waals surface area contributed by atoms with Gasteiger partial charge < -0.3 is 5.11 Å². The minimum absolute atomic E-state index is 0. The fourth-order valence-corrected chi connectivity index (χ4v) is 2.07. The standard InChI is InChI=1S/C7H5NS.C7H6O2.CH4/c1-2-4-7-6(3-1)8-5-9-7;8-5-6-3-1-2-4-7(6)9;/h1-5H;1-5,9H;1H4. The van der Waals surface area contributed by atoms with Crippen LogP contribution in [0.5, 0.6) is 5.75 Å². The largest absolute Gasteiger partial charge is 0.507 e. The van der Waals surface area contributed by atoms with Crippen LogP contribution >= 0.6 is 11.3 Å². The molecule has 0 fully saturated rings. The van der Waals surface area contributed by atoms with Gasteiger partial charge in [-0.3, -0.25) is 4.79 Å². The Morgan fingerprint density at radius 2 is 1.74 bits per heavy atom. The summed E-state index contributed by atoms with van der Waals surface area (Å²) in [6.07, 6.45) is 0.620. The number of aromatic hydroxyl groups is 1. The summed E-state index contributed by atoms with van der Waals surface area (Å²) in [6.45, 7) is 0. The van der Waals surface area contributed by atoms with Crippen molar-refractivity contribution in [2.45, 2.75) is 7.43 Å². The summed E-state index contributed by atoms with van der Waals surface area (Å²) in [7, 11) is 0. The van der Waals surface area contributed by atoms with Crippen LogP contribution in [0.25, 0.3) is 10.2 Å². The maximum absolute atomic E-state index is 10.1. The fourth-order valence-electron chi connectivity index (χ4n) is 1.39. The van der Waals surface area contributed by atoms with E-state index >= 15 is 0 Å². The van der Waals surface area contributed by atoms with Crippen LogP contribution in [0.1, 0.15) is 17.8 Å². The number of phenolic OH excluding ortho intramolecular Hbond substituents is 1. The van der Waals surface area contributed by atoms with Gasteiger partial charge >= 0.3 is 0 Å². The molecule has 0 aliphatic heterocycles. The van der Waals surface area contributed by atoms with Crippen LogP contribution in [0.2, 0.25) is 0 Å². The van der Waals surface area contributed by atoms with Crippen molar-refractivity contribution in [1.29, 1.82) is 0 Å². The molecule has 0 aliphatic rings. The van der Waals surface area contributed by atoms with E-state index in [2.05, 4.69) is 11.1 Å². The average molecular weight is 273 g/mol. The number of aromatic nitrogens is 1. The Kier molecular flexibility index (Phi) is 5.70. The zero-order chi connectivity index (χ0) is 12.8. The predicted octanol–water partition coefficient (Wildman–Crippen LogP) is 4.14. The third kappa shape index (κ3) is 3.89. The number of nitrogens with zero attached hydrogens (tertiary/aromatic N) is 1. The van der Waals surface area contributed by atoms with Crippen LogP contribution in [0, 0.1) is 0 Å². The van der Waals surface area contributed by atoms with E-state index in [0.29, 0.717) is 11.8 Å². The summed E-state index contributed by atoms with van der Waals surface area (Å²) in [4.78, 5) is 14.2. The molecule has 3 rings (SSSR count). The van der Waals surface area contributed by atoms with Gasteiger partial charge in [0.05, 0.1) is 21.3 Å². The maximum atomic E-state index is 10.1. The van der Waals surface area contributed by atoms with E-state index in [1.807, 2.05) is 23.7 Å². The quantitative estimate of drug-likeness (QED) is 0.678. The first-order valence-electron chi connectivity index (χ1n) is 5.32. The van der Waals surface area contributed by atoms with Gasteiger partial charge in [-0.1, -0.05) is 31.7 Å². The second-order valence-electron chi connectivity index (χ2n) is 3.50. The van der Waals surface area contributed by atoms with Crippen molar-refractivity contribution in [3.8, 4) is 5.75 Å². The highest BCUT2D eigenvalue weighted by molar-refractivity contribution is 7.16. The van der Waals surface area contributed by atoms with Crippen molar-refractivity contribution in [2.75, 3.05) is 0 Å². The van der Waals surface area contributed by atoms with Crippen LogP contribution in [0.4, 0.5) is 0 Å². The van der Waals surface area contributed by atoms with Crippen molar-refractivity contribution in [3.63, 3.8) is 0 Å². The molecule has 19 heavy (non-hydrogen) atoms. The summed E-state index contributed by atoms with van der Waals surface area (Å²) in [5.74, 6) is 0.0347. The molecule has 1 heterocycles. The smallest absolute Gasteiger partial charge is 0.153 e. The molecule has 0 bridgehead atoms. The van der Waals surface area contributed by atoms with E-state index in [1.54, 1.807) is 29.5 Å². The Morgan fingerprint density at radius 3 is 2.37 bits per heavy atom. The Hall–Kier alpha value is -2.20. The van der Waals surface area contributed by atoms with E-state index in [4.69, 9.17) is 5.11 Å². The number of carbonyl (C=O) groups excluding carboxylic acids is 1. The van der Waals surface area contributed by atoms with E-state index in [0.717, 1.165) is 5.52 Å². The first-order valence-corrected chi connectivity index (χ1v) is 6.20. The lowest BCUT2D eigenvalue weighted by Crippen LogP contribution is -1.77. The molecule has 3 aromatic rings. The van der Waals surface area contributed by atoms with Crippen molar-refractivity contribution in [2.24, 2.45) is 0 Å². The van der Waals surface area contributed by atoms with Crippen molar-refractivity contribution < 1.29 is 9.90 Å². The second kappa shape index (κ2) is 7.28. The first-order chi connectivity index (χ1) is 8.81. The molecular formula is C15H15NO2S. The molecular weight excluding hydrogens is 258 g/mol. The van der Waals surface area contributed by atoms with Gasteiger partial charge in [0.15, 0.2) is 6.29 Å². The number of hydrogen-bond donors (Lipinski definition) is 1. The molecule has 4 heteroatoms. The topological polar surface area (TPSA) is 50.2 Å². The average Bonchev–Trinajstić information content (AvgIpc) is 2.88. The van der Waals surface area contributed by atoms with Crippen LogP contribution < -0.4 is 0 Å². The van der Waals surface area contributed by atoms with Crippen LogP contribution in [-0.2, 0) is 0 Å². The number of para-hydroxylation sites is 2. The summed E-state index contributed by atoms with van der Waals surface area (Å²) in [5, 5.41) is 8.88. The van der Waals surface area contributed by atoms with E-state index in [1.165, 1.54) is 10.8 Å². The number of benzene rings is 2. The molecule has 0 unspecified atom stereocenters. The molecule has 2 aromatic carbocycles. The third-order valence-electron chi connectivity index (χ3n) is 2.30. The molecule has 1 aromatic heterocycles. The van der Waals surface area contributed by atoms with Gasteiger partial charge in [0, 0.05) is 0 Å². The Labute approximate surface area is 116 Å². The van der Waals surface area contributed by atoms with E-state index in [-0.39, 0.29) is 13.2 Å². The molecule has 0 amide bonds. The van der Waals surface area contributed by atoms with Gasteiger partial charge in [0.25, 0.3) is 0 Å². The normalized spacial score (nSPS) is 9.05. The number of hydrogen-bond acceptors (Lipinski definition) is 4. The first kappa shape index (κ1) is 14.9. The SMILES string of the molecule is C.O=Cc1ccccc1O.c1ccc2scnc2c1. The number of fused-ring (bicyclic) bond motifs is 1. The molecule has 0 saturated carbocycles. The van der Waals surface area contributed by atoms with Crippen LogP contribution in [0.3, 0.4) is 0 Å². The lowest BCUT2D eigenvalue weighted by atomic mass is 10.2. The molecule has 0 radical (unpaired) electrons. The van der Waals surface area contributed by atoms with Crippen molar-refractivity contribution in [3.05, 3.63) is 59.6 Å². The van der Waals surface area contributed by atoms with Gasteiger partial charge in [-0.2, -0.15) is 0 Å². The van der Waals surface area contributed by atoms with E-state index in [9.17, 15) is 4.79 Å². The van der Waals surface area contributed by atoms with E-state index < -0.39 is 0 Å². The molecule has 1 N–H and O–H groups in total. The van der Waals surface area contributed by atoms with Crippen LogP contribution in [0.15, 0.2) is 54.0 Å². The van der Waals surface area contributed by atoms with Crippen molar-refractivity contribution in [1.82, 2.24) is 4.98 Å². The molecule has 3 nitrogen and oxygen atoms in total. The number of rotatable bonds is 1. The summed E-state index contributed by atoms with van der Waals surface area (Å²) in [5.41, 5.74) is 3.30. The maximum Gasteiger partial charge on any atom is 0.153 e. The van der Waals surface area contributed by atoms with Crippen LogP contribution in [-0.4, -0.2) is 16.4 Å². The van der Waals surface area contributed by atoms with Gasteiger partial charge in [0.2, 0.25) is 0 Å². The van der Waals surface area contributed by atoms with Gasteiger partial charge in [-0.05, 0) is 24.3 Å². The molecule has 0 aliphatic carbocycles. The molecule has 0 spiro atoms. The molecule has 0 atom stereocenters. The highest BCUT2D eigenvalue weighted by atomic mass is 32.1. The number of aldehydes is 1. The fraction of sp³-hybridized carbons (Fsp3) is 0.0667. The lowest BCUT2D eigenvalue weighted by Gasteiger charge is -1.91. The molecule has 0 saturated heterocycles. The minimum atomic E-state index is 0. The monoisotopic (exact) mass is 273 g/mol. The zero-order valence-electron chi connectivity index (χ0n) is 9.48. The summed E-state index contributed by atoms with van der Waals surface area (Å²) in [6, 6.07) is 14.5. The van der Waals surface area contributed by atoms with Crippen molar-refractivity contribution >= 4 is 27.8 Å². The Morgan fingerprint density at radius 1 is 1.05 bits per heavy atom.